The lowest BCUT2D eigenvalue weighted by atomic mass is 9.92. The summed E-state index contributed by atoms with van der Waals surface area (Å²) in [6.45, 7) is 4.60. The van der Waals surface area contributed by atoms with Crippen LogP contribution in [0, 0.1) is 0 Å². The zero-order chi connectivity index (χ0) is 11.4. The van der Waals surface area contributed by atoms with Gasteiger partial charge in [-0.15, -0.1) is 8.58 Å². The van der Waals surface area contributed by atoms with Crippen molar-refractivity contribution in [2.45, 2.75) is 44.9 Å². The van der Waals surface area contributed by atoms with Gasteiger partial charge >= 0.3 is 0 Å². The van der Waals surface area contributed by atoms with Crippen LogP contribution in [0.3, 0.4) is 0 Å². The summed E-state index contributed by atoms with van der Waals surface area (Å²) in [5.41, 5.74) is 3.68. The van der Waals surface area contributed by atoms with E-state index >= 15 is 0 Å². The van der Waals surface area contributed by atoms with Gasteiger partial charge < -0.3 is 0 Å². The lowest BCUT2D eigenvalue weighted by Gasteiger charge is -2.13. The molecule has 1 atom stereocenters. The van der Waals surface area contributed by atoms with Crippen molar-refractivity contribution in [1.82, 2.24) is 0 Å². The maximum Gasteiger partial charge on any atom is -0.00489 e. The molecule has 1 aliphatic carbocycles. The molecule has 88 valence electrons. The van der Waals surface area contributed by atoms with E-state index < -0.39 is 0 Å². The molecule has 0 saturated heterocycles. The molecule has 0 N–H and O–H groups in total. The summed E-state index contributed by atoms with van der Waals surface area (Å²) in [6.07, 6.45) is 8.10. The highest BCUT2D eigenvalue weighted by molar-refractivity contribution is 7.37. The third kappa shape index (κ3) is 2.66. The molecule has 2 rings (SSSR count). The first-order valence-electron chi connectivity index (χ1n) is 6.61. The van der Waals surface area contributed by atoms with E-state index in [0.29, 0.717) is 5.41 Å². The van der Waals surface area contributed by atoms with Crippen LogP contribution in [0.15, 0.2) is 24.3 Å². The summed E-state index contributed by atoms with van der Waals surface area (Å²) in [4.78, 5) is 0. The lowest BCUT2D eigenvalue weighted by molar-refractivity contribution is 0.664. The van der Waals surface area contributed by atoms with Crippen molar-refractivity contribution in [3.8, 4) is 0 Å². The van der Waals surface area contributed by atoms with Gasteiger partial charge in [0.1, 0.15) is 0 Å². The zero-order valence-corrected chi connectivity index (χ0v) is 11.6. The van der Waals surface area contributed by atoms with Gasteiger partial charge in [-0.3, -0.25) is 0 Å². The third-order valence-corrected chi connectivity index (χ3v) is 5.04. The van der Waals surface area contributed by atoms with Crippen molar-refractivity contribution in [3.05, 3.63) is 35.4 Å². The van der Waals surface area contributed by atoms with E-state index in [1.165, 1.54) is 43.6 Å². The second-order valence-electron chi connectivity index (χ2n) is 4.93. The molecule has 0 amide bonds. The van der Waals surface area contributed by atoms with Crippen LogP contribution in [-0.4, -0.2) is 12.3 Å². The highest BCUT2D eigenvalue weighted by Gasteiger charge is 2.41. The SMILES string of the molecule is CCPCCc1ccc(C2(CC)CC2)cc1. The fraction of sp³-hybridized carbons (Fsp3) is 0.600. The fourth-order valence-corrected chi connectivity index (χ4v) is 3.25. The second-order valence-corrected chi connectivity index (χ2v) is 6.64. The molecule has 0 aliphatic heterocycles. The summed E-state index contributed by atoms with van der Waals surface area (Å²) in [7, 11) is 1.14. The van der Waals surface area contributed by atoms with Crippen molar-refractivity contribution in [2.75, 3.05) is 12.3 Å². The van der Waals surface area contributed by atoms with Crippen LogP contribution in [0.1, 0.15) is 44.2 Å². The molecule has 1 aliphatic rings. The quantitative estimate of drug-likeness (QED) is 0.506. The lowest BCUT2D eigenvalue weighted by Crippen LogP contribution is -2.04. The standard InChI is InChI=1S/C15H23P/c1-3-15(10-11-15)14-7-5-13(6-8-14)9-12-16-4-2/h5-8,16H,3-4,9-12H2,1-2H3. The summed E-state index contributed by atoms with van der Waals surface area (Å²) in [5.74, 6) is 0. The maximum absolute atomic E-state index is 2.38. The summed E-state index contributed by atoms with van der Waals surface area (Å²) in [5, 5.41) is 0. The Labute approximate surface area is 102 Å². The first kappa shape index (κ1) is 12.1. The Bertz CT molecular complexity index is 322. The van der Waals surface area contributed by atoms with Crippen LogP contribution in [0.5, 0.6) is 0 Å². The van der Waals surface area contributed by atoms with Crippen molar-refractivity contribution < 1.29 is 0 Å². The van der Waals surface area contributed by atoms with Crippen LogP contribution in [0.25, 0.3) is 0 Å². The van der Waals surface area contributed by atoms with E-state index in [9.17, 15) is 0 Å². The minimum Gasteiger partial charge on any atom is -0.122 e. The molecule has 0 heterocycles. The van der Waals surface area contributed by atoms with Crippen LogP contribution in [-0.2, 0) is 11.8 Å². The molecular formula is C15H23P. The molecule has 16 heavy (non-hydrogen) atoms. The summed E-state index contributed by atoms with van der Waals surface area (Å²) >= 11 is 0. The molecule has 1 unspecified atom stereocenters. The number of hydrogen-bond donors (Lipinski definition) is 0. The Kier molecular flexibility index (Phi) is 4.03. The normalized spacial score (nSPS) is 18.1. The van der Waals surface area contributed by atoms with E-state index in [2.05, 4.69) is 38.1 Å². The van der Waals surface area contributed by atoms with Gasteiger partial charge in [0.15, 0.2) is 0 Å². The van der Waals surface area contributed by atoms with Crippen LogP contribution < -0.4 is 0 Å². The van der Waals surface area contributed by atoms with Gasteiger partial charge in [-0.25, -0.2) is 0 Å². The largest absolute Gasteiger partial charge is 0.122 e. The van der Waals surface area contributed by atoms with Crippen molar-refractivity contribution >= 4 is 8.58 Å². The molecule has 0 radical (unpaired) electrons. The van der Waals surface area contributed by atoms with E-state index in [-0.39, 0.29) is 0 Å². The Morgan fingerprint density at radius 3 is 2.31 bits per heavy atom. The Morgan fingerprint density at radius 1 is 1.12 bits per heavy atom. The highest BCUT2D eigenvalue weighted by atomic mass is 31.1. The molecule has 1 aromatic rings. The van der Waals surface area contributed by atoms with Gasteiger partial charge in [-0.1, -0.05) is 38.1 Å². The first-order valence-corrected chi connectivity index (χ1v) is 8.02. The maximum atomic E-state index is 2.38. The van der Waals surface area contributed by atoms with Gasteiger partial charge in [-0.2, -0.15) is 0 Å². The predicted octanol–water partition coefficient (Wildman–Crippen LogP) is 4.37. The Morgan fingerprint density at radius 2 is 1.81 bits per heavy atom. The van der Waals surface area contributed by atoms with Gasteiger partial charge in [0.2, 0.25) is 0 Å². The highest BCUT2D eigenvalue weighted by Crippen LogP contribution is 2.50. The molecule has 1 fully saturated rings. The minimum absolute atomic E-state index is 0.573. The molecule has 0 aromatic heterocycles. The third-order valence-electron chi connectivity index (χ3n) is 3.94. The van der Waals surface area contributed by atoms with Gasteiger partial charge in [-0.05, 0) is 54.5 Å². The predicted molar refractivity (Wildman–Crippen MR) is 75.1 cm³/mol. The summed E-state index contributed by atoms with van der Waals surface area (Å²) in [6, 6.07) is 9.46. The van der Waals surface area contributed by atoms with Gasteiger partial charge in [0.05, 0.1) is 0 Å². The van der Waals surface area contributed by atoms with Gasteiger partial charge in [0, 0.05) is 0 Å². The number of benzene rings is 1. The minimum atomic E-state index is 0.573. The Balaban J connectivity index is 1.94. The number of aryl methyl sites for hydroxylation is 1. The number of hydrogen-bond acceptors (Lipinski definition) is 0. The molecular weight excluding hydrogens is 211 g/mol. The topological polar surface area (TPSA) is 0 Å². The van der Waals surface area contributed by atoms with E-state index in [0.717, 1.165) is 8.58 Å². The molecule has 1 saturated carbocycles. The van der Waals surface area contributed by atoms with E-state index in [1.807, 2.05) is 0 Å². The van der Waals surface area contributed by atoms with Crippen molar-refractivity contribution in [1.29, 1.82) is 0 Å². The van der Waals surface area contributed by atoms with E-state index in [1.54, 1.807) is 5.56 Å². The second kappa shape index (κ2) is 5.32. The molecule has 0 spiro atoms. The average Bonchev–Trinajstić information content (AvgIpc) is 3.11. The fourth-order valence-electron chi connectivity index (χ4n) is 2.43. The molecule has 0 nitrogen and oxygen atoms in total. The van der Waals surface area contributed by atoms with Crippen LogP contribution in [0.2, 0.25) is 0 Å². The molecule has 0 bridgehead atoms. The smallest absolute Gasteiger partial charge is 0.00489 e. The molecule has 1 heteroatoms. The van der Waals surface area contributed by atoms with Gasteiger partial charge in [0.25, 0.3) is 0 Å². The van der Waals surface area contributed by atoms with E-state index in [4.69, 9.17) is 0 Å². The van der Waals surface area contributed by atoms with Crippen molar-refractivity contribution in [3.63, 3.8) is 0 Å². The first-order chi connectivity index (χ1) is 7.80. The zero-order valence-electron chi connectivity index (χ0n) is 10.6. The van der Waals surface area contributed by atoms with Crippen molar-refractivity contribution in [2.24, 2.45) is 0 Å². The number of rotatable bonds is 6. The molecule has 1 aromatic carbocycles. The monoisotopic (exact) mass is 234 g/mol. The Hall–Kier alpha value is -0.350. The average molecular weight is 234 g/mol. The van der Waals surface area contributed by atoms with Crippen LogP contribution in [0.4, 0.5) is 0 Å². The van der Waals surface area contributed by atoms with Crippen LogP contribution >= 0.6 is 8.58 Å². The summed E-state index contributed by atoms with van der Waals surface area (Å²) < 4.78 is 0.